The number of carbonyl (C=O) groups is 1. The second kappa shape index (κ2) is 5.98. The Hall–Kier alpha value is -0.610. The highest BCUT2D eigenvalue weighted by Gasteiger charge is 2.29. The van der Waals surface area contributed by atoms with E-state index in [1.807, 2.05) is 6.92 Å². The molecule has 1 rings (SSSR count). The van der Waals surface area contributed by atoms with Gasteiger partial charge in [0.05, 0.1) is 6.61 Å². The fraction of sp³-hybridized carbons (Fsp3) is 0.900. The summed E-state index contributed by atoms with van der Waals surface area (Å²) in [5.41, 5.74) is 0. The fourth-order valence-electron chi connectivity index (χ4n) is 1.55. The Morgan fingerprint density at radius 1 is 1.71 bits per heavy atom. The first-order chi connectivity index (χ1) is 6.75. The molecule has 4 nitrogen and oxygen atoms in total. The van der Waals surface area contributed by atoms with E-state index in [4.69, 9.17) is 4.74 Å². The molecule has 1 unspecified atom stereocenters. The molecule has 4 heteroatoms. The highest BCUT2D eigenvalue weighted by molar-refractivity contribution is 5.75. The number of hydrogen-bond acceptors (Lipinski definition) is 4. The second-order valence-electron chi connectivity index (χ2n) is 3.67. The van der Waals surface area contributed by atoms with Crippen LogP contribution in [0.25, 0.3) is 0 Å². The molecule has 0 bridgehead atoms. The number of esters is 1. The Morgan fingerprint density at radius 3 is 3.07 bits per heavy atom. The molecular formula is C10H19NO3. The lowest BCUT2D eigenvalue weighted by molar-refractivity contribution is -0.155. The zero-order valence-electron chi connectivity index (χ0n) is 8.66. The van der Waals surface area contributed by atoms with Crippen molar-refractivity contribution >= 4 is 5.97 Å². The van der Waals surface area contributed by atoms with Gasteiger partial charge in [-0.25, -0.2) is 4.79 Å². The van der Waals surface area contributed by atoms with Crippen molar-refractivity contribution < 1.29 is 14.6 Å². The van der Waals surface area contributed by atoms with Gasteiger partial charge in [-0.1, -0.05) is 13.3 Å². The van der Waals surface area contributed by atoms with Gasteiger partial charge in [0.15, 0.2) is 6.10 Å². The summed E-state index contributed by atoms with van der Waals surface area (Å²) in [7, 11) is 0. The summed E-state index contributed by atoms with van der Waals surface area (Å²) in [6.07, 6.45) is 2.73. The Balaban J connectivity index is 2.21. The van der Waals surface area contributed by atoms with Crippen molar-refractivity contribution in [2.24, 2.45) is 0 Å². The van der Waals surface area contributed by atoms with Crippen LogP contribution in [-0.4, -0.2) is 36.4 Å². The molecule has 14 heavy (non-hydrogen) atoms. The maximum Gasteiger partial charge on any atom is 0.336 e. The van der Waals surface area contributed by atoms with E-state index in [1.54, 1.807) is 0 Å². The van der Waals surface area contributed by atoms with Crippen molar-refractivity contribution in [1.29, 1.82) is 0 Å². The van der Waals surface area contributed by atoms with Crippen LogP contribution >= 0.6 is 0 Å². The minimum Gasteiger partial charge on any atom is -0.464 e. The van der Waals surface area contributed by atoms with Crippen LogP contribution in [0.2, 0.25) is 0 Å². The van der Waals surface area contributed by atoms with Crippen LogP contribution in [0.15, 0.2) is 0 Å². The summed E-state index contributed by atoms with van der Waals surface area (Å²) < 4.78 is 4.93. The second-order valence-corrected chi connectivity index (χ2v) is 3.67. The molecule has 0 aliphatic carbocycles. The number of ether oxygens (including phenoxy) is 1. The number of aliphatic hydroxyl groups excluding tert-OH is 1. The monoisotopic (exact) mass is 201 g/mol. The van der Waals surface area contributed by atoms with E-state index in [0.717, 1.165) is 32.2 Å². The van der Waals surface area contributed by atoms with Crippen molar-refractivity contribution in [1.82, 2.24) is 5.32 Å². The Kier molecular flexibility index (Phi) is 4.90. The molecule has 0 radical (unpaired) electrons. The zero-order valence-corrected chi connectivity index (χ0v) is 8.66. The number of hydrogen-bond donors (Lipinski definition) is 2. The molecular weight excluding hydrogens is 182 g/mol. The molecule has 1 aliphatic heterocycles. The topological polar surface area (TPSA) is 58.6 Å². The van der Waals surface area contributed by atoms with E-state index in [9.17, 15) is 9.90 Å². The van der Waals surface area contributed by atoms with Gasteiger partial charge in [0.25, 0.3) is 0 Å². The van der Waals surface area contributed by atoms with Gasteiger partial charge in [0, 0.05) is 6.04 Å². The van der Waals surface area contributed by atoms with Crippen LogP contribution in [0.5, 0.6) is 0 Å². The molecule has 1 fully saturated rings. The Labute approximate surface area is 84.6 Å². The average Bonchev–Trinajstić information content (AvgIpc) is 2.69. The molecule has 0 aromatic rings. The van der Waals surface area contributed by atoms with Gasteiger partial charge >= 0.3 is 5.97 Å². The lowest BCUT2D eigenvalue weighted by atomic mass is 10.1. The molecule has 0 amide bonds. The Bertz CT molecular complexity index is 178. The Morgan fingerprint density at radius 2 is 2.50 bits per heavy atom. The zero-order chi connectivity index (χ0) is 10.4. The summed E-state index contributed by atoms with van der Waals surface area (Å²) in [5, 5.41) is 12.7. The molecule has 1 heterocycles. The quantitative estimate of drug-likeness (QED) is 0.500. The molecule has 2 atom stereocenters. The van der Waals surface area contributed by atoms with Crippen LogP contribution in [-0.2, 0) is 9.53 Å². The number of unbranched alkanes of at least 4 members (excludes halogenated alkanes) is 1. The van der Waals surface area contributed by atoms with Crippen LogP contribution < -0.4 is 5.32 Å². The van der Waals surface area contributed by atoms with Crippen molar-refractivity contribution in [3.05, 3.63) is 0 Å². The van der Waals surface area contributed by atoms with E-state index in [1.165, 1.54) is 0 Å². The third kappa shape index (κ3) is 3.27. The van der Waals surface area contributed by atoms with Gasteiger partial charge < -0.3 is 15.2 Å². The molecule has 0 aromatic heterocycles. The van der Waals surface area contributed by atoms with Crippen LogP contribution in [0, 0.1) is 0 Å². The van der Waals surface area contributed by atoms with E-state index in [2.05, 4.69) is 5.32 Å². The summed E-state index contributed by atoms with van der Waals surface area (Å²) >= 11 is 0. The molecule has 0 aromatic carbocycles. The van der Waals surface area contributed by atoms with E-state index < -0.39 is 12.1 Å². The lowest BCUT2D eigenvalue weighted by Crippen LogP contribution is -2.41. The van der Waals surface area contributed by atoms with Crippen LogP contribution in [0.1, 0.15) is 32.6 Å². The van der Waals surface area contributed by atoms with E-state index >= 15 is 0 Å². The molecule has 2 N–H and O–H groups in total. The first kappa shape index (κ1) is 11.5. The van der Waals surface area contributed by atoms with Gasteiger partial charge in [-0.15, -0.1) is 0 Å². The maximum atomic E-state index is 11.3. The normalized spacial score (nSPS) is 23.4. The first-order valence-corrected chi connectivity index (χ1v) is 5.33. The smallest absolute Gasteiger partial charge is 0.336 e. The number of carbonyl (C=O) groups excluding carboxylic acids is 1. The number of nitrogens with one attached hydrogen (secondary N) is 1. The van der Waals surface area contributed by atoms with Crippen molar-refractivity contribution in [2.45, 2.75) is 44.8 Å². The van der Waals surface area contributed by atoms with Crippen LogP contribution in [0.3, 0.4) is 0 Å². The van der Waals surface area contributed by atoms with Crippen molar-refractivity contribution in [3.63, 3.8) is 0 Å². The predicted octanol–water partition coefficient (Wildman–Crippen LogP) is 0.443. The molecule has 1 aliphatic rings. The number of rotatable bonds is 5. The highest BCUT2D eigenvalue weighted by atomic mass is 16.5. The van der Waals surface area contributed by atoms with Crippen LogP contribution in [0.4, 0.5) is 0 Å². The maximum absolute atomic E-state index is 11.3. The molecule has 82 valence electrons. The molecule has 1 saturated heterocycles. The summed E-state index contributed by atoms with van der Waals surface area (Å²) in [4.78, 5) is 11.3. The van der Waals surface area contributed by atoms with Gasteiger partial charge in [0.2, 0.25) is 0 Å². The summed E-state index contributed by atoms with van der Waals surface area (Å²) in [6.45, 7) is 3.33. The van der Waals surface area contributed by atoms with E-state index in [-0.39, 0.29) is 6.04 Å². The lowest BCUT2D eigenvalue weighted by Gasteiger charge is -2.16. The minimum absolute atomic E-state index is 0.107. The predicted molar refractivity (Wildman–Crippen MR) is 52.9 cm³/mol. The molecule has 0 saturated carbocycles. The van der Waals surface area contributed by atoms with Gasteiger partial charge in [-0.2, -0.15) is 0 Å². The molecule has 0 spiro atoms. The van der Waals surface area contributed by atoms with Crippen molar-refractivity contribution in [3.8, 4) is 0 Å². The SMILES string of the molecule is CCCCOC(=O)[C@@H](O)C1CCCN1. The van der Waals surface area contributed by atoms with Gasteiger partial charge in [-0.05, 0) is 25.8 Å². The largest absolute Gasteiger partial charge is 0.464 e. The summed E-state index contributed by atoms with van der Waals surface area (Å²) in [5.74, 6) is -0.488. The standard InChI is InChI=1S/C10H19NO3/c1-2-3-7-14-10(13)9(12)8-5-4-6-11-8/h8-9,11-12H,2-7H2,1H3/t8?,9-/m0/s1. The van der Waals surface area contributed by atoms with Gasteiger partial charge in [-0.3, -0.25) is 0 Å². The summed E-state index contributed by atoms with van der Waals surface area (Å²) in [6, 6.07) is -0.107. The average molecular weight is 201 g/mol. The third-order valence-electron chi connectivity index (χ3n) is 2.46. The third-order valence-corrected chi connectivity index (χ3v) is 2.46. The first-order valence-electron chi connectivity index (χ1n) is 5.33. The number of aliphatic hydroxyl groups is 1. The highest BCUT2D eigenvalue weighted by Crippen LogP contribution is 2.10. The minimum atomic E-state index is -0.991. The van der Waals surface area contributed by atoms with E-state index in [0.29, 0.717) is 6.61 Å². The fourth-order valence-corrected chi connectivity index (χ4v) is 1.55. The van der Waals surface area contributed by atoms with Crippen molar-refractivity contribution in [2.75, 3.05) is 13.2 Å². The van der Waals surface area contributed by atoms with Gasteiger partial charge in [0.1, 0.15) is 0 Å².